The van der Waals surface area contributed by atoms with Crippen LogP contribution in [-0.4, -0.2) is 17.6 Å². The summed E-state index contributed by atoms with van der Waals surface area (Å²) in [4.78, 5) is 12.4. The van der Waals surface area contributed by atoms with Crippen LogP contribution in [0.3, 0.4) is 0 Å². The van der Waals surface area contributed by atoms with E-state index in [-0.39, 0.29) is 17.9 Å². The van der Waals surface area contributed by atoms with Gasteiger partial charge < -0.3 is 14.6 Å². The highest BCUT2D eigenvalue weighted by Gasteiger charge is 2.31. The topological polar surface area (TPSA) is 43.3 Å². The second-order valence-electron chi connectivity index (χ2n) is 6.88. The number of ether oxygens (including phenoxy) is 1. The van der Waals surface area contributed by atoms with Crippen molar-refractivity contribution in [2.45, 2.75) is 44.6 Å². The Morgan fingerprint density at radius 1 is 1.26 bits per heavy atom. The van der Waals surface area contributed by atoms with Crippen LogP contribution in [0.5, 0.6) is 5.75 Å². The summed E-state index contributed by atoms with van der Waals surface area (Å²) in [6, 6.07) is 6.39. The number of hydrogen-bond acceptors (Lipinski definition) is 2. The quantitative estimate of drug-likeness (QED) is 0.943. The van der Waals surface area contributed by atoms with Crippen LogP contribution in [0.2, 0.25) is 0 Å². The van der Waals surface area contributed by atoms with Gasteiger partial charge in [0.25, 0.3) is 0 Å². The molecule has 1 atom stereocenters. The summed E-state index contributed by atoms with van der Waals surface area (Å²) in [6.07, 6.45) is 6.54. The summed E-state index contributed by atoms with van der Waals surface area (Å²) >= 11 is 0. The molecule has 4 heteroatoms. The molecule has 0 saturated heterocycles. The van der Waals surface area contributed by atoms with Crippen LogP contribution in [0.1, 0.15) is 49.4 Å². The van der Waals surface area contributed by atoms with Gasteiger partial charge in [0.2, 0.25) is 5.91 Å². The van der Waals surface area contributed by atoms with Crippen molar-refractivity contribution < 1.29 is 9.53 Å². The Hall–Kier alpha value is -1.97. The van der Waals surface area contributed by atoms with Gasteiger partial charge >= 0.3 is 0 Å². The van der Waals surface area contributed by atoms with Gasteiger partial charge in [-0.05, 0) is 50.3 Å². The molecular formula is C19H24N2O2. The normalized spacial score (nSPS) is 20.9. The minimum absolute atomic E-state index is 0.141. The van der Waals surface area contributed by atoms with Crippen LogP contribution in [0.15, 0.2) is 18.2 Å². The maximum Gasteiger partial charge on any atom is 0.223 e. The molecule has 1 N–H and O–H groups in total. The number of benzene rings is 1. The first-order chi connectivity index (χ1) is 11.2. The number of fused-ring (bicyclic) bond motifs is 3. The van der Waals surface area contributed by atoms with Gasteiger partial charge in [-0.25, -0.2) is 0 Å². The van der Waals surface area contributed by atoms with Crippen molar-refractivity contribution in [1.82, 2.24) is 9.88 Å². The van der Waals surface area contributed by atoms with E-state index in [0.29, 0.717) is 0 Å². The minimum Gasteiger partial charge on any atom is -0.497 e. The maximum absolute atomic E-state index is 12.4. The van der Waals surface area contributed by atoms with Crippen LogP contribution >= 0.6 is 0 Å². The second-order valence-corrected chi connectivity index (χ2v) is 6.88. The molecule has 1 aromatic heterocycles. The zero-order valence-corrected chi connectivity index (χ0v) is 13.9. The molecule has 4 rings (SSSR count). The molecule has 1 aromatic carbocycles. The fourth-order valence-electron chi connectivity index (χ4n) is 4.05. The second kappa shape index (κ2) is 5.59. The van der Waals surface area contributed by atoms with E-state index in [4.69, 9.17) is 4.74 Å². The standard InChI is InChI=1S/C19H24N2O2/c1-21-16-10-9-13(23-2)11-14(16)18-15(7-4-8-17(18)21)20-19(22)12-5-3-6-12/h9-12,15H,3-8H2,1-2H3,(H,20,22). The van der Waals surface area contributed by atoms with Gasteiger partial charge in [-0.1, -0.05) is 6.42 Å². The third-order valence-electron chi connectivity index (χ3n) is 5.62. The molecular weight excluding hydrogens is 288 g/mol. The number of aromatic nitrogens is 1. The summed E-state index contributed by atoms with van der Waals surface area (Å²) in [6.45, 7) is 0. The summed E-state index contributed by atoms with van der Waals surface area (Å²) in [5.74, 6) is 1.36. The number of carbonyl (C=O) groups excluding carboxylic acids is 1. The molecule has 0 radical (unpaired) electrons. The first-order valence-electron chi connectivity index (χ1n) is 8.64. The summed E-state index contributed by atoms with van der Waals surface area (Å²) in [5, 5.41) is 4.55. The monoisotopic (exact) mass is 312 g/mol. The van der Waals surface area contributed by atoms with Crippen molar-refractivity contribution in [3.05, 3.63) is 29.5 Å². The van der Waals surface area contributed by atoms with Gasteiger partial charge in [-0.2, -0.15) is 0 Å². The summed E-state index contributed by atoms with van der Waals surface area (Å²) < 4.78 is 7.69. The molecule has 1 unspecified atom stereocenters. The predicted molar refractivity (Wildman–Crippen MR) is 90.6 cm³/mol. The van der Waals surface area contributed by atoms with Crippen molar-refractivity contribution in [3.8, 4) is 5.75 Å². The molecule has 0 aliphatic heterocycles. The number of methoxy groups -OCH3 is 1. The van der Waals surface area contributed by atoms with E-state index in [2.05, 4.69) is 29.1 Å². The first kappa shape index (κ1) is 14.6. The fourth-order valence-corrected chi connectivity index (χ4v) is 4.05. The van der Waals surface area contributed by atoms with Gasteiger partial charge in [0, 0.05) is 35.1 Å². The lowest BCUT2D eigenvalue weighted by Crippen LogP contribution is -2.38. The third kappa shape index (κ3) is 2.32. The molecule has 23 heavy (non-hydrogen) atoms. The van der Waals surface area contributed by atoms with E-state index in [1.54, 1.807) is 7.11 Å². The van der Waals surface area contributed by atoms with Crippen LogP contribution in [0.4, 0.5) is 0 Å². The highest BCUT2D eigenvalue weighted by molar-refractivity contribution is 5.89. The Kier molecular flexibility index (Phi) is 3.55. The van der Waals surface area contributed by atoms with E-state index in [1.807, 2.05) is 6.07 Å². The lowest BCUT2D eigenvalue weighted by molar-refractivity contribution is -0.128. The smallest absolute Gasteiger partial charge is 0.223 e. The van der Waals surface area contributed by atoms with Crippen molar-refractivity contribution >= 4 is 16.8 Å². The van der Waals surface area contributed by atoms with Crippen molar-refractivity contribution in [2.24, 2.45) is 13.0 Å². The van der Waals surface area contributed by atoms with E-state index in [9.17, 15) is 4.79 Å². The molecule has 2 aliphatic carbocycles. The Morgan fingerprint density at radius 3 is 2.78 bits per heavy atom. The molecule has 0 bridgehead atoms. The third-order valence-corrected chi connectivity index (χ3v) is 5.62. The minimum atomic E-state index is 0.141. The zero-order valence-electron chi connectivity index (χ0n) is 13.9. The van der Waals surface area contributed by atoms with Crippen molar-refractivity contribution in [3.63, 3.8) is 0 Å². The molecule has 122 valence electrons. The average Bonchev–Trinajstić information content (AvgIpc) is 2.79. The molecule has 2 aliphatic rings. The Bertz CT molecular complexity index is 758. The number of nitrogens with one attached hydrogen (secondary N) is 1. The molecule has 0 spiro atoms. The maximum atomic E-state index is 12.4. The fraction of sp³-hybridized carbons (Fsp3) is 0.526. The average molecular weight is 312 g/mol. The van der Waals surface area contributed by atoms with E-state index >= 15 is 0 Å². The molecule has 4 nitrogen and oxygen atoms in total. The Morgan fingerprint density at radius 2 is 2.09 bits per heavy atom. The SMILES string of the molecule is COc1ccc2c(c1)c1c(n2C)CCCC1NC(=O)C1CCC1. The molecule has 1 heterocycles. The van der Waals surface area contributed by atoms with Gasteiger partial charge in [0.15, 0.2) is 0 Å². The summed E-state index contributed by atoms with van der Waals surface area (Å²) in [7, 11) is 3.83. The first-order valence-corrected chi connectivity index (χ1v) is 8.64. The number of hydrogen-bond donors (Lipinski definition) is 1. The predicted octanol–water partition coefficient (Wildman–Crippen LogP) is 3.48. The Balaban J connectivity index is 1.75. The number of nitrogens with zero attached hydrogens (tertiary/aromatic N) is 1. The van der Waals surface area contributed by atoms with Crippen LogP contribution in [-0.2, 0) is 18.3 Å². The largest absolute Gasteiger partial charge is 0.497 e. The van der Waals surface area contributed by atoms with Gasteiger partial charge in [0.1, 0.15) is 5.75 Å². The number of carbonyl (C=O) groups is 1. The van der Waals surface area contributed by atoms with E-state index in [1.165, 1.54) is 28.6 Å². The number of rotatable bonds is 3. The van der Waals surface area contributed by atoms with E-state index < -0.39 is 0 Å². The lowest BCUT2D eigenvalue weighted by atomic mass is 9.83. The highest BCUT2D eigenvalue weighted by Crippen LogP contribution is 2.39. The molecule has 1 saturated carbocycles. The van der Waals surface area contributed by atoms with Gasteiger partial charge in [-0.15, -0.1) is 0 Å². The van der Waals surface area contributed by atoms with Gasteiger partial charge in [0.05, 0.1) is 13.2 Å². The summed E-state index contributed by atoms with van der Waals surface area (Å²) in [5.41, 5.74) is 3.89. The van der Waals surface area contributed by atoms with Gasteiger partial charge in [-0.3, -0.25) is 4.79 Å². The van der Waals surface area contributed by atoms with Crippen LogP contribution in [0.25, 0.3) is 10.9 Å². The van der Waals surface area contributed by atoms with Crippen LogP contribution in [0, 0.1) is 5.92 Å². The highest BCUT2D eigenvalue weighted by atomic mass is 16.5. The van der Waals surface area contributed by atoms with Crippen molar-refractivity contribution in [1.29, 1.82) is 0 Å². The molecule has 2 aromatic rings. The molecule has 1 amide bonds. The number of amides is 1. The Labute approximate surface area is 136 Å². The number of aryl methyl sites for hydroxylation is 1. The van der Waals surface area contributed by atoms with Crippen molar-refractivity contribution in [2.75, 3.05) is 7.11 Å². The van der Waals surface area contributed by atoms with Crippen LogP contribution < -0.4 is 10.1 Å². The zero-order chi connectivity index (χ0) is 16.0. The lowest BCUT2D eigenvalue weighted by Gasteiger charge is -2.30. The molecule has 1 fully saturated rings. The van der Waals surface area contributed by atoms with E-state index in [0.717, 1.165) is 37.9 Å².